The van der Waals surface area contributed by atoms with Gasteiger partial charge in [0.05, 0.1) is 19.3 Å². The summed E-state index contributed by atoms with van der Waals surface area (Å²) in [5, 5.41) is 0. The van der Waals surface area contributed by atoms with E-state index in [4.69, 9.17) is 0 Å². The molecule has 0 heterocycles. The van der Waals surface area contributed by atoms with Gasteiger partial charge in [-0.3, -0.25) is 0 Å². The van der Waals surface area contributed by atoms with Crippen molar-refractivity contribution in [3.63, 3.8) is 0 Å². The zero-order valence-electron chi connectivity index (χ0n) is 5.97. The summed E-state index contributed by atoms with van der Waals surface area (Å²) >= 11 is 0. The molecule has 0 bridgehead atoms. The first-order chi connectivity index (χ1) is 4.77. The van der Waals surface area contributed by atoms with Gasteiger partial charge in [-0.15, -0.1) is 0 Å². The maximum absolute atomic E-state index is 12.2. The third kappa shape index (κ3) is 6.14. The quantitative estimate of drug-likeness (QED) is 0.602. The summed E-state index contributed by atoms with van der Waals surface area (Å²) < 4.78 is 46.7. The van der Waals surface area contributed by atoms with E-state index in [1.54, 1.807) is 4.72 Å². The van der Waals surface area contributed by atoms with Gasteiger partial charge in [-0.05, 0) is 0 Å². The molecule has 0 radical (unpaired) electrons. The summed E-state index contributed by atoms with van der Waals surface area (Å²) in [7, 11) is -3.55. The van der Waals surface area contributed by atoms with Gasteiger partial charge in [0, 0.05) is 0 Å². The second kappa shape index (κ2) is 3.42. The van der Waals surface area contributed by atoms with E-state index < -0.39 is 29.0 Å². The fraction of sp³-hybridized carbons (Fsp3) is 1.00. The van der Waals surface area contributed by atoms with E-state index in [-0.39, 0.29) is 0 Å². The molecule has 0 saturated carbocycles. The van der Waals surface area contributed by atoms with E-state index in [0.717, 1.165) is 6.26 Å². The van der Waals surface area contributed by atoms with Crippen LogP contribution >= 0.6 is 0 Å². The minimum Gasteiger partial charge on any atom is -0.325 e. The molecule has 0 spiro atoms. The minimum absolute atomic E-state index is 0.805. The van der Waals surface area contributed by atoms with Gasteiger partial charge < -0.3 is 5.73 Å². The Balaban J connectivity index is 3.90. The lowest BCUT2D eigenvalue weighted by molar-refractivity contribution is 0.0171. The standard InChI is InChI=1S/C4H10F2N2O2S/c1-11(9,10)8-3-4(5,6)2-7/h8H,2-3,7H2,1H3. The number of hydrogen-bond donors (Lipinski definition) is 2. The summed E-state index contributed by atoms with van der Waals surface area (Å²) in [5.41, 5.74) is 4.65. The summed E-state index contributed by atoms with van der Waals surface area (Å²) in [5.74, 6) is -3.16. The van der Waals surface area contributed by atoms with E-state index in [1.165, 1.54) is 0 Å². The molecule has 0 unspecified atom stereocenters. The molecule has 0 amide bonds. The Hall–Kier alpha value is -0.270. The van der Waals surface area contributed by atoms with Gasteiger partial charge in [0.1, 0.15) is 0 Å². The van der Waals surface area contributed by atoms with Gasteiger partial charge in [0.25, 0.3) is 5.92 Å². The predicted octanol–water partition coefficient (Wildman–Crippen LogP) is -0.870. The zero-order chi connectivity index (χ0) is 9.12. The van der Waals surface area contributed by atoms with Crippen molar-refractivity contribution in [1.82, 2.24) is 4.72 Å². The SMILES string of the molecule is CS(=O)(=O)NCC(F)(F)CN. The second-order valence-electron chi connectivity index (χ2n) is 2.15. The molecule has 0 fully saturated rings. The molecule has 0 aliphatic carbocycles. The molecular formula is C4H10F2N2O2S. The number of halogens is 2. The molecule has 0 aromatic heterocycles. The molecule has 7 heteroatoms. The largest absolute Gasteiger partial charge is 0.325 e. The van der Waals surface area contributed by atoms with Crippen molar-refractivity contribution in [1.29, 1.82) is 0 Å². The summed E-state index contributed by atoms with van der Waals surface area (Å²) in [6.07, 6.45) is 0.805. The van der Waals surface area contributed by atoms with Crippen LogP contribution in [-0.4, -0.2) is 33.7 Å². The summed E-state index contributed by atoms with van der Waals surface area (Å²) in [6, 6.07) is 0. The van der Waals surface area contributed by atoms with Crippen molar-refractivity contribution in [2.45, 2.75) is 5.92 Å². The van der Waals surface area contributed by atoms with Gasteiger partial charge in [-0.2, -0.15) is 0 Å². The van der Waals surface area contributed by atoms with Crippen LogP contribution in [0.15, 0.2) is 0 Å². The molecule has 11 heavy (non-hydrogen) atoms. The number of alkyl halides is 2. The van der Waals surface area contributed by atoms with Crippen molar-refractivity contribution >= 4 is 10.0 Å². The summed E-state index contributed by atoms with van der Waals surface area (Å²) in [6.45, 7) is -1.81. The molecular weight excluding hydrogens is 178 g/mol. The Bertz CT molecular complexity index is 214. The third-order valence-electron chi connectivity index (χ3n) is 0.892. The molecule has 0 aliphatic heterocycles. The fourth-order valence-corrected chi connectivity index (χ4v) is 0.782. The highest BCUT2D eigenvalue weighted by atomic mass is 32.2. The topological polar surface area (TPSA) is 72.2 Å². The average molecular weight is 188 g/mol. The predicted molar refractivity (Wildman–Crippen MR) is 36.8 cm³/mol. The Labute approximate surface area is 63.8 Å². The van der Waals surface area contributed by atoms with Crippen LogP contribution in [0.5, 0.6) is 0 Å². The monoisotopic (exact) mass is 188 g/mol. The Kier molecular flexibility index (Phi) is 3.33. The molecule has 68 valence electrons. The first kappa shape index (κ1) is 10.7. The van der Waals surface area contributed by atoms with Crippen LogP contribution in [0.4, 0.5) is 8.78 Å². The highest BCUT2D eigenvalue weighted by molar-refractivity contribution is 7.88. The molecule has 0 rings (SSSR count). The molecule has 3 N–H and O–H groups in total. The van der Waals surface area contributed by atoms with Gasteiger partial charge in [0.2, 0.25) is 10.0 Å². The number of rotatable bonds is 4. The first-order valence-corrected chi connectivity index (χ1v) is 4.68. The highest BCUT2D eigenvalue weighted by Gasteiger charge is 2.27. The van der Waals surface area contributed by atoms with Crippen LogP contribution in [0.1, 0.15) is 0 Å². The smallest absolute Gasteiger partial charge is 0.273 e. The lowest BCUT2D eigenvalue weighted by Crippen LogP contribution is -2.41. The van der Waals surface area contributed by atoms with Crippen LogP contribution in [0, 0.1) is 0 Å². The lowest BCUT2D eigenvalue weighted by Gasteiger charge is -2.12. The second-order valence-corrected chi connectivity index (χ2v) is 3.99. The fourth-order valence-electron chi connectivity index (χ4n) is 0.309. The maximum atomic E-state index is 12.2. The molecule has 0 aliphatic rings. The number of sulfonamides is 1. The average Bonchev–Trinajstić information content (AvgIpc) is 1.83. The zero-order valence-corrected chi connectivity index (χ0v) is 6.79. The van der Waals surface area contributed by atoms with E-state index in [9.17, 15) is 17.2 Å². The molecule has 4 nitrogen and oxygen atoms in total. The Morgan fingerprint density at radius 1 is 1.55 bits per heavy atom. The molecule has 0 saturated heterocycles. The van der Waals surface area contributed by atoms with Gasteiger partial charge in [-0.25, -0.2) is 21.9 Å². The van der Waals surface area contributed by atoms with E-state index in [1.807, 2.05) is 0 Å². The third-order valence-corrected chi connectivity index (χ3v) is 1.56. The van der Waals surface area contributed by atoms with E-state index in [0.29, 0.717) is 0 Å². The molecule has 0 atom stereocenters. The van der Waals surface area contributed by atoms with E-state index >= 15 is 0 Å². The minimum atomic E-state index is -3.55. The Morgan fingerprint density at radius 3 is 2.27 bits per heavy atom. The number of hydrogen-bond acceptors (Lipinski definition) is 3. The van der Waals surface area contributed by atoms with Crippen LogP contribution in [0.2, 0.25) is 0 Å². The Morgan fingerprint density at radius 2 is 2.00 bits per heavy atom. The maximum Gasteiger partial charge on any atom is 0.273 e. The van der Waals surface area contributed by atoms with Crippen LogP contribution in [-0.2, 0) is 10.0 Å². The normalized spacial score (nSPS) is 13.5. The van der Waals surface area contributed by atoms with Crippen LogP contribution < -0.4 is 10.5 Å². The van der Waals surface area contributed by atoms with Gasteiger partial charge in [-0.1, -0.05) is 0 Å². The van der Waals surface area contributed by atoms with Crippen LogP contribution in [0.3, 0.4) is 0 Å². The van der Waals surface area contributed by atoms with Crippen LogP contribution in [0.25, 0.3) is 0 Å². The highest BCUT2D eigenvalue weighted by Crippen LogP contribution is 2.08. The van der Waals surface area contributed by atoms with Crippen molar-refractivity contribution in [3.8, 4) is 0 Å². The first-order valence-electron chi connectivity index (χ1n) is 2.79. The van der Waals surface area contributed by atoms with Gasteiger partial charge in [0.15, 0.2) is 0 Å². The van der Waals surface area contributed by atoms with Crippen molar-refractivity contribution < 1.29 is 17.2 Å². The number of nitrogens with two attached hydrogens (primary N) is 1. The lowest BCUT2D eigenvalue weighted by atomic mass is 10.3. The van der Waals surface area contributed by atoms with Crippen molar-refractivity contribution in [2.75, 3.05) is 19.3 Å². The summed E-state index contributed by atoms with van der Waals surface area (Å²) in [4.78, 5) is 0. The van der Waals surface area contributed by atoms with Gasteiger partial charge >= 0.3 is 0 Å². The van der Waals surface area contributed by atoms with Crippen molar-refractivity contribution in [3.05, 3.63) is 0 Å². The van der Waals surface area contributed by atoms with E-state index in [2.05, 4.69) is 5.73 Å². The molecule has 0 aromatic carbocycles. The molecule has 0 aromatic rings. The van der Waals surface area contributed by atoms with Crippen molar-refractivity contribution in [2.24, 2.45) is 5.73 Å². The number of nitrogens with one attached hydrogen (secondary N) is 1.